The highest BCUT2D eigenvalue weighted by atomic mass is 16.3. The molecule has 0 amide bonds. The van der Waals surface area contributed by atoms with Crippen LogP contribution in [0.4, 0.5) is 0 Å². The van der Waals surface area contributed by atoms with Crippen LogP contribution in [0.2, 0.25) is 0 Å². The molecule has 0 heterocycles. The molecule has 0 unspecified atom stereocenters. The van der Waals surface area contributed by atoms with Gasteiger partial charge in [-0.15, -0.1) is 0 Å². The molecule has 0 spiro atoms. The maximum Gasteiger partial charge on any atom is 0.165 e. The van der Waals surface area contributed by atoms with Crippen LogP contribution < -0.4 is 0 Å². The van der Waals surface area contributed by atoms with Crippen molar-refractivity contribution in [2.24, 2.45) is 0 Å². The van der Waals surface area contributed by atoms with Crippen molar-refractivity contribution < 1.29 is 15.7 Å². The first-order valence-electron chi connectivity index (χ1n) is 5.09. The van der Waals surface area contributed by atoms with E-state index in [4.69, 9.17) is 0 Å². The molecule has 3 aromatic rings. The Morgan fingerprint density at radius 2 is 1.35 bits per heavy atom. The van der Waals surface area contributed by atoms with Crippen molar-refractivity contribution in [1.29, 1.82) is 0 Å². The van der Waals surface area contributed by atoms with Gasteiger partial charge in [0.1, 0.15) is 0 Å². The molecular formula is C14H12O3. The monoisotopic (exact) mass is 228 g/mol. The van der Waals surface area contributed by atoms with Gasteiger partial charge in [-0.25, -0.2) is 0 Å². The minimum absolute atomic E-state index is 0. The van der Waals surface area contributed by atoms with Gasteiger partial charge in [-0.05, 0) is 34.4 Å². The molecule has 0 radical (unpaired) electrons. The largest absolute Gasteiger partial charge is 0.504 e. The normalized spacial score (nSPS) is 10.4. The van der Waals surface area contributed by atoms with E-state index >= 15 is 0 Å². The summed E-state index contributed by atoms with van der Waals surface area (Å²) < 4.78 is 0. The topological polar surface area (TPSA) is 72.0 Å². The van der Waals surface area contributed by atoms with Crippen molar-refractivity contribution in [2.45, 2.75) is 0 Å². The van der Waals surface area contributed by atoms with Crippen LogP contribution in [0, 0.1) is 0 Å². The Morgan fingerprint density at radius 3 is 2.06 bits per heavy atom. The van der Waals surface area contributed by atoms with Gasteiger partial charge in [-0.2, -0.15) is 0 Å². The minimum atomic E-state index is -0.0808. The molecule has 17 heavy (non-hydrogen) atoms. The van der Waals surface area contributed by atoms with Crippen LogP contribution in [-0.2, 0) is 0 Å². The molecule has 0 fully saturated rings. The average molecular weight is 228 g/mol. The second-order valence-electron chi connectivity index (χ2n) is 3.85. The van der Waals surface area contributed by atoms with Crippen LogP contribution >= 0.6 is 0 Å². The van der Waals surface area contributed by atoms with E-state index in [1.54, 1.807) is 6.07 Å². The first kappa shape index (κ1) is 11.2. The molecule has 0 saturated carbocycles. The van der Waals surface area contributed by atoms with Crippen molar-refractivity contribution in [2.75, 3.05) is 0 Å². The van der Waals surface area contributed by atoms with Crippen LogP contribution in [0.3, 0.4) is 0 Å². The highest BCUT2D eigenvalue weighted by Gasteiger charge is 2.05. The number of phenols is 2. The van der Waals surface area contributed by atoms with Crippen LogP contribution in [-0.4, -0.2) is 15.7 Å². The zero-order chi connectivity index (χ0) is 11.1. The van der Waals surface area contributed by atoms with Crippen LogP contribution in [0.1, 0.15) is 0 Å². The summed E-state index contributed by atoms with van der Waals surface area (Å²) in [5.74, 6) is -0.133. The van der Waals surface area contributed by atoms with E-state index < -0.39 is 0 Å². The predicted molar refractivity (Wildman–Crippen MR) is 68.4 cm³/mol. The van der Waals surface area contributed by atoms with Crippen molar-refractivity contribution in [3.8, 4) is 11.5 Å². The molecule has 0 aliphatic rings. The molecule has 3 rings (SSSR count). The fraction of sp³-hybridized carbons (Fsp3) is 0. The lowest BCUT2D eigenvalue weighted by Crippen LogP contribution is -1.77. The first-order chi connectivity index (χ1) is 7.75. The van der Waals surface area contributed by atoms with Crippen LogP contribution in [0.5, 0.6) is 11.5 Å². The van der Waals surface area contributed by atoms with Gasteiger partial charge in [0.25, 0.3) is 0 Å². The summed E-state index contributed by atoms with van der Waals surface area (Å²) in [6, 6.07) is 15.1. The number of hydrogen-bond acceptors (Lipinski definition) is 2. The third kappa shape index (κ3) is 1.66. The molecule has 3 aromatic carbocycles. The van der Waals surface area contributed by atoms with Gasteiger partial charge in [0.2, 0.25) is 0 Å². The number of fused-ring (bicyclic) bond motifs is 2. The summed E-state index contributed by atoms with van der Waals surface area (Å²) >= 11 is 0. The number of aromatic hydroxyl groups is 2. The minimum Gasteiger partial charge on any atom is -0.504 e. The number of benzene rings is 3. The Balaban J connectivity index is 0.00000108. The molecule has 0 saturated heterocycles. The highest BCUT2D eigenvalue weighted by molar-refractivity contribution is 6.01. The van der Waals surface area contributed by atoms with Crippen molar-refractivity contribution in [3.63, 3.8) is 0 Å². The third-order valence-corrected chi connectivity index (χ3v) is 2.84. The second-order valence-corrected chi connectivity index (χ2v) is 3.85. The van der Waals surface area contributed by atoms with E-state index in [0.29, 0.717) is 5.39 Å². The molecule has 86 valence electrons. The third-order valence-electron chi connectivity index (χ3n) is 2.84. The summed E-state index contributed by atoms with van der Waals surface area (Å²) in [5, 5.41) is 23.0. The highest BCUT2D eigenvalue weighted by Crippen LogP contribution is 2.35. The van der Waals surface area contributed by atoms with Crippen molar-refractivity contribution in [1.82, 2.24) is 0 Å². The summed E-state index contributed by atoms with van der Waals surface area (Å²) in [6.07, 6.45) is 0. The van der Waals surface area contributed by atoms with Crippen molar-refractivity contribution in [3.05, 3.63) is 48.5 Å². The predicted octanol–water partition coefficient (Wildman–Crippen LogP) is 2.58. The average Bonchev–Trinajstić information content (AvgIpc) is 2.32. The van der Waals surface area contributed by atoms with E-state index in [1.165, 1.54) is 6.07 Å². The van der Waals surface area contributed by atoms with E-state index in [9.17, 15) is 10.2 Å². The molecule has 0 aliphatic carbocycles. The molecule has 0 aliphatic heterocycles. The lowest BCUT2D eigenvalue weighted by Gasteiger charge is -2.05. The fourth-order valence-corrected chi connectivity index (χ4v) is 1.99. The molecule has 3 heteroatoms. The molecule has 3 nitrogen and oxygen atoms in total. The summed E-state index contributed by atoms with van der Waals surface area (Å²) in [7, 11) is 0. The van der Waals surface area contributed by atoms with E-state index in [-0.39, 0.29) is 17.0 Å². The van der Waals surface area contributed by atoms with Crippen LogP contribution in [0.25, 0.3) is 21.5 Å². The lowest BCUT2D eigenvalue weighted by atomic mass is 10.0. The Morgan fingerprint density at radius 1 is 0.706 bits per heavy atom. The molecule has 0 bridgehead atoms. The SMILES string of the molecule is O.Oc1ccc2cc3ccccc3cc2c1O. The first-order valence-corrected chi connectivity index (χ1v) is 5.09. The van der Waals surface area contributed by atoms with Gasteiger partial charge in [0.05, 0.1) is 0 Å². The second kappa shape index (κ2) is 3.96. The van der Waals surface area contributed by atoms with Gasteiger partial charge >= 0.3 is 0 Å². The Labute approximate surface area is 97.9 Å². The Bertz CT molecular complexity index is 689. The van der Waals surface area contributed by atoms with Gasteiger partial charge in [-0.3, -0.25) is 0 Å². The quantitative estimate of drug-likeness (QED) is 0.458. The lowest BCUT2D eigenvalue weighted by molar-refractivity contribution is 0.408. The van der Waals surface area contributed by atoms with E-state index in [0.717, 1.165) is 16.2 Å². The Kier molecular flexibility index (Phi) is 2.61. The maximum absolute atomic E-state index is 9.77. The number of hydrogen-bond donors (Lipinski definition) is 2. The molecular weight excluding hydrogens is 216 g/mol. The number of phenolic OH excluding ortho intramolecular Hbond substituents is 2. The summed E-state index contributed by atoms with van der Waals surface area (Å²) in [4.78, 5) is 0. The molecule has 0 aromatic heterocycles. The van der Waals surface area contributed by atoms with E-state index in [1.807, 2.05) is 36.4 Å². The van der Waals surface area contributed by atoms with E-state index in [2.05, 4.69) is 0 Å². The van der Waals surface area contributed by atoms with Gasteiger partial charge in [-0.1, -0.05) is 30.3 Å². The smallest absolute Gasteiger partial charge is 0.165 e. The van der Waals surface area contributed by atoms with Gasteiger partial charge in [0.15, 0.2) is 11.5 Å². The maximum atomic E-state index is 9.77. The molecule has 4 N–H and O–H groups in total. The summed E-state index contributed by atoms with van der Waals surface area (Å²) in [6.45, 7) is 0. The number of rotatable bonds is 0. The van der Waals surface area contributed by atoms with Gasteiger partial charge < -0.3 is 15.7 Å². The summed E-state index contributed by atoms with van der Waals surface area (Å²) in [5.41, 5.74) is 0. The zero-order valence-electron chi connectivity index (χ0n) is 9.01. The van der Waals surface area contributed by atoms with Gasteiger partial charge in [0, 0.05) is 5.39 Å². The van der Waals surface area contributed by atoms with Crippen LogP contribution in [0.15, 0.2) is 48.5 Å². The standard InChI is InChI=1S/C14H10O2.H2O/c15-13-6-5-11-7-9-3-1-2-4-10(9)8-12(11)14(13)16;/h1-8,15-16H;1H2. The fourth-order valence-electron chi connectivity index (χ4n) is 1.99. The van der Waals surface area contributed by atoms with Crippen molar-refractivity contribution >= 4 is 21.5 Å². The molecule has 0 atom stereocenters. The Hall–Kier alpha value is -2.26. The zero-order valence-corrected chi connectivity index (χ0v) is 9.01.